The molecule has 0 saturated carbocycles. The standard InChI is InChI=1S/C14H29I/c1-4-6-10-14(5-2)11-8-7-9-13(3)12-15/h13-14H,4-12H2,1-3H3. The molecule has 0 aliphatic carbocycles. The van der Waals surface area contributed by atoms with E-state index in [4.69, 9.17) is 0 Å². The van der Waals surface area contributed by atoms with Crippen molar-refractivity contribution in [3.05, 3.63) is 0 Å². The first-order valence-electron chi connectivity index (χ1n) is 6.80. The fourth-order valence-electron chi connectivity index (χ4n) is 2.05. The zero-order valence-electron chi connectivity index (χ0n) is 10.9. The second kappa shape index (κ2) is 11.2. The van der Waals surface area contributed by atoms with Crippen molar-refractivity contribution in [3.8, 4) is 0 Å². The SMILES string of the molecule is CCCCC(CC)CCCCC(C)CI. The molecule has 0 aromatic heterocycles. The van der Waals surface area contributed by atoms with Gasteiger partial charge in [-0.3, -0.25) is 0 Å². The highest BCUT2D eigenvalue weighted by Gasteiger charge is 2.06. The Morgan fingerprint density at radius 2 is 1.53 bits per heavy atom. The van der Waals surface area contributed by atoms with Crippen molar-refractivity contribution >= 4 is 22.6 Å². The summed E-state index contributed by atoms with van der Waals surface area (Å²) in [5, 5.41) is 0. The highest BCUT2D eigenvalue weighted by Crippen LogP contribution is 2.21. The highest BCUT2D eigenvalue weighted by molar-refractivity contribution is 14.1. The number of halogens is 1. The van der Waals surface area contributed by atoms with Gasteiger partial charge in [0.05, 0.1) is 0 Å². The number of rotatable bonds is 10. The molecule has 0 amide bonds. The molecule has 0 spiro atoms. The van der Waals surface area contributed by atoms with E-state index < -0.39 is 0 Å². The van der Waals surface area contributed by atoms with Crippen LogP contribution in [0.4, 0.5) is 0 Å². The summed E-state index contributed by atoms with van der Waals surface area (Å²) in [4.78, 5) is 0. The number of alkyl halides is 1. The van der Waals surface area contributed by atoms with E-state index in [0.717, 1.165) is 11.8 Å². The van der Waals surface area contributed by atoms with Gasteiger partial charge in [0.15, 0.2) is 0 Å². The summed E-state index contributed by atoms with van der Waals surface area (Å²) < 4.78 is 1.32. The fraction of sp³-hybridized carbons (Fsp3) is 1.00. The van der Waals surface area contributed by atoms with Crippen molar-refractivity contribution in [2.75, 3.05) is 4.43 Å². The molecular formula is C14H29I. The Morgan fingerprint density at radius 1 is 0.933 bits per heavy atom. The minimum Gasteiger partial charge on any atom is -0.0861 e. The molecule has 0 radical (unpaired) electrons. The van der Waals surface area contributed by atoms with Crippen LogP contribution in [-0.4, -0.2) is 4.43 Å². The van der Waals surface area contributed by atoms with E-state index in [0.29, 0.717) is 0 Å². The van der Waals surface area contributed by atoms with Gasteiger partial charge in [0, 0.05) is 4.43 Å². The van der Waals surface area contributed by atoms with Crippen LogP contribution in [0.5, 0.6) is 0 Å². The Morgan fingerprint density at radius 3 is 2.07 bits per heavy atom. The van der Waals surface area contributed by atoms with Crippen LogP contribution >= 0.6 is 22.6 Å². The summed E-state index contributed by atoms with van der Waals surface area (Å²) in [5.74, 6) is 1.95. The van der Waals surface area contributed by atoms with Gasteiger partial charge in [-0.2, -0.15) is 0 Å². The van der Waals surface area contributed by atoms with Gasteiger partial charge in [-0.05, 0) is 18.3 Å². The van der Waals surface area contributed by atoms with Crippen LogP contribution in [0.25, 0.3) is 0 Å². The second-order valence-corrected chi connectivity index (χ2v) is 5.84. The molecule has 1 heteroatoms. The first kappa shape index (κ1) is 15.7. The van der Waals surface area contributed by atoms with Crippen molar-refractivity contribution < 1.29 is 0 Å². The molecule has 0 aromatic rings. The van der Waals surface area contributed by atoms with E-state index in [1.54, 1.807) is 0 Å². The van der Waals surface area contributed by atoms with E-state index in [-0.39, 0.29) is 0 Å². The largest absolute Gasteiger partial charge is 0.0861 e. The minimum atomic E-state index is 0.932. The van der Waals surface area contributed by atoms with E-state index >= 15 is 0 Å². The maximum absolute atomic E-state index is 2.50. The topological polar surface area (TPSA) is 0 Å². The molecule has 2 atom stereocenters. The normalized spacial score (nSPS) is 15.2. The minimum absolute atomic E-state index is 0.932. The first-order chi connectivity index (χ1) is 7.24. The van der Waals surface area contributed by atoms with Crippen LogP contribution in [0.2, 0.25) is 0 Å². The molecule has 0 fully saturated rings. The lowest BCUT2D eigenvalue weighted by Crippen LogP contribution is -2.00. The zero-order chi connectivity index (χ0) is 11.5. The van der Waals surface area contributed by atoms with Crippen molar-refractivity contribution in [2.24, 2.45) is 11.8 Å². The van der Waals surface area contributed by atoms with Crippen molar-refractivity contribution in [2.45, 2.75) is 72.1 Å². The van der Waals surface area contributed by atoms with Crippen LogP contribution in [0.1, 0.15) is 72.1 Å². The summed E-state index contributed by atoms with van der Waals surface area (Å²) in [6.07, 6.45) is 11.5. The summed E-state index contributed by atoms with van der Waals surface area (Å²) in [5.41, 5.74) is 0. The molecule has 0 aliphatic heterocycles. The third-order valence-corrected chi connectivity index (χ3v) is 4.87. The maximum atomic E-state index is 2.50. The van der Waals surface area contributed by atoms with Crippen LogP contribution in [0.15, 0.2) is 0 Å². The van der Waals surface area contributed by atoms with Crippen LogP contribution in [0.3, 0.4) is 0 Å². The third-order valence-electron chi connectivity index (χ3n) is 3.37. The molecule has 2 unspecified atom stereocenters. The van der Waals surface area contributed by atoms with Crippen LogP contribution < -0.4 is 0 Å². The van der Waals surface area contributed by atoms with Gasteiger partial charge in [-0.25, -0.2) is 0 Å². The molecule has 92 valence electrons. The molecule has 0 bridgehead atoms. The third kappa shape index (κ3) is 9.65. The number of hydrogen-bond acceptors (Lipinski definition) is 0. The Balaban J connectivity index is 3.37. The van der Waals surface area contributed by atoms with Gasteiger partial charge in [-0.15, -0.1) is 0 Å². The Labute approximate surface area is 111 Å². The second-order valence-electron chi connectivity index (χ2n) is 4.96. The van der Waals surface area contributed by atoms with E-state index in [2.05, 4.69) is 43.4 Å². The molecule has 15 heavy (non-hydrogen) atoms. The van der Waals surface area contributed by atoms with E-state index in [9.17, 15) is 0 Å². The van der Waals surface area contributed by atoms with Gasteiger partial charge < -0.3 is 0 Å². The van der Waals surface area contributed by atoms with Crippen molar-refractivity contribution in [1.29, 1.82) is 0 Å². The zero-order valence-corrected chi connectivity index (χ0v) is 13.1. The van der Waals surface area contributed by atoms with Gasteiger partial charge in [0.25, 0.3) is 0 Å². The lowest BCUT2D eigenvalue weighted by molar-refractivity contribution is 0.394. The average molecular weight is 324 g/mol. The highest BCUT2D eigenvalue weighted by atomic mass is 127. The molecule has 0 N–H and O–H groups in total. The Hall–Kier alpha value is 0.730. The summed E-state index contributed by atoms with van der Waals surface area (Å²) in [6.45, 7) is 7.03. The molecule has 0 rings (SSSR count). The summed E-state index contributed by atoms with van der Waals surface area (Å²) in [6, 6.07) is 0. The van der Waals surface area contributed by atoms with Crippen LogP contribution in [-0.2, 0) is 0 Å². The number of hydrogen-bond donors (Lipinski definition) is 0. The summed E-state index contributed by atoms with van der Waals surface area (Å²) in [7, 11) is 0. The fourth-order valence-corrected chi connectivity index (χ4v) is 2.49. The molecular weight excluding hydrogens is 295 g/mol. The Kier molecular flexibility index (Phi) is 11.8. The lowest BCUT2D eigenvalue weighted by Gasteiger charge is -2.14. The lowest BCUT2D eigenvalue weighted by atomic mass is 9.92. The van der Waals surface area contributed by atoms with Gasteiger partial charge >= 0.3 is 0 Å². The van der Waals surface area contributed by atoms with Gasteiger partial charge in [0.2, 0.25) is 0 Å². The monoisotopic (exact) mass is 324 g/mol. The van der Waals surface area contributed by atoms with Crippen molar-refractivity contribution in [1.82, 2.24) is 0 Å². The molecule has 0 aliphatic rings. The molecule has 0 heterocycles. The first-order valence-corrected chi connectivity index (χ1v) is 8.33. The molecule has 0 nitrogen and oxygen atoms in total. The summed E-state index contributed by atoms with van der Waals surface area (Å²) >= 11 is 2.50. The molecule has 0 aromatic carbocycles. The quantitative estimate of drug-likeness (QED) is 0.269. The van der Waals surface area contributed by atoms with E-state index in [1.165, 1.54) is 55.8 Å². The number of unbranched alkanes of at least 4 members (excludes halogenated alkanes) is 2. The van der Waals surface area contributed by atoms with Crippen molar-refractivity contribution in [3.63, 3.8) is 0 Å². The van der Waals surface area contributed by atoms with E-state index in [1.807, 2.05) is 0 Å². The molecule has 0 saturated heterocycles. The maximum Gasteiger partial charge on any atom is 0.00210 e. The van der Waals surface area contributed by atoms with Gasteiger partial charge in [-0.1, -0.05) is 88.3 Å². The Bertz CT molecular complexity index is 123. The smallest absolute Gasteiger partial charge is 0.00210 e. The van der Waals surface area contributed by atoms with Crippen LogP contribution in [0, 0.1) is 11.8 Å². The average Bonchev–Trinajstić information content (AvgIpc) is 2.27. The predicted molar refractivity (Wildman–Crippen MR) is 79.8 cm³/mol. The van der Waals surface area contributed by atoms with Gasteiger partial charge in [0.1, 0.15) is 0 Å². The predicted octanol–water partition coefficient (Wildman–Crippen LogP) is 5.83.